The van der Waals surface area contributed by atoms with Crippen LogP contribution in [0.2, 0.25) is 0 Å². The van der Waals surface area contributed by atoms with Gasteiger partial charge in [0.15, 0.2) is 9.84 Å². The lowest BCUT2D eigenvalue weighted by atomic mass is 10.1. The van der Waals surface area contributed by atoms with Crippen LogP contribution in [0.15, 0.2) is 59.5 Å². The molecule has 0 heterocycles. The molecule has 150 valence electrons. The van der Waals surface area contributed by atoms with Gasteiger partial charge in [0.05, 0.1) is 16.1 Å². The van der Waals surface area contributed by atoms with Crippen molar-refractivity contribution in [3.8, 4) is 0 Å². The van der Waals surface area contributed by atoms with E-state index in [-0.39, 0.29) is 23.9 Å². The highest BCUT2D eigenvalue weighted by Gasteiger charge is 2.23. The molecule has 0 aliphatic heterocycles. The number of hydrogen-bond acceptors (Lipinski definition) is 4. The maximum Gasteiger partial charge on any atom is 0.308 e. The molecular formula is C21H25NO5S. The summed E-state index contributed by atoms with van der Waals surface area (Å²) in [6.45, 7) is 5.07. The molecule has 0 aliphatic rings. The van der Waals surface area contributed by atoms with Gasteiger partial charge in [-0.05, 0) is 43.7 Å². The number of carbonyl (C=O) groups excluding carboxylic acids is 1. The zero-order valence-corrected chi connectivity index (χ0v) is 17.0. The second kappa shape index (κ2) is 9.01. The minimum Gasteiger partial charge on any atom is -0.481 e. The lowest BCUT2D eigenvalue weighted by Crippen LogP contribution is -2.36. The van der Waals surface area contributed by atoms with Crippen LogP contribution in [-0.2, 0) is 21.2 Å². The maximum absolute atomic E-state index is 13.0. The van der Waals surface area contributed by atoms with Gasteiger partial charge >= 0.3 is 5.97 Å². The van der Waals surface area contributed by atoms with Crippen LogP contribution in [0.25, 0.3) is 0 Å². The fraction of sp³-hybridized carbons (Fsp3) is 0.333. The standard InChI is InChI=1S/C21H25NO5S/c1-15(2)28(26,27)19-11-9-18(10-12-19)20(23)22(13-16(3)21(24)25)14-17-7-5-4-6-8-17/h4-12,15-16H,13-14H2,1-3H3,(H,24,25)/t16-/m1/s1. The van der Waals surface area contributed by atoms with Gasteiger partial charge in [-0.25, -0.2) is 8.42 Å². The molecule has 28 heavy (non-hydrogen) atoms. The minimum absolute atomic E-state index is 0.0507. The molecule has 2 aromatic carbocycles. The van der Waals surface area contributed by atoms with E-state index in [0.717, 1.165) is 5.56 Å². The van der Waals surface area contributed by atoms with Crippen molar-refractivity contribution in [3.05, 3.63) is 65.7 Å². The van der Waals surface area contributed by atoms with E-state index in [1.807, 2.05) is 30.3 Å². The molecule has 0 radical (unpaired) electrons. The Bertz CT molecular complexity index is 921. The topological polar surface area (TPSA) is 91.8 Å². The second-order valence-corrected chi connectivity index (χ2v) is 9.53. The predicted molar refractivity (Wildman–Crippen MR) is 107 cm³/mol. The first-order valence-electron chi connectivity index (χ1n) is 9.03. The first-order valence-corrected chi connectivity index (χ1v) is 10.6. The molecule has 0 aromatic heterocycles. The monoisotopic (exact) mass is 403 g/mol. The molecule has 0 spiro atoms. The number of carboxylic acid groups (broad SMARTS) is 1. The summed E-state index contributed by atoms with van der Waals surface area (Å²) in [7, 11) is -3.42. The Morgan fingerprint density at radius 3 is 2.04 bits per heavy atom. The van der Waals surface area contributed by atoms with Crippen LogP contribution in [0.1, 0.15) is 36.7 Å². The van der Waals surface area contributed by atoms with E-state index in [1.54, 1.807) is 20.8 Å². The number of rotatable bonds is 8. The maximum atomic E-state index is 13.0. The molecule has 0 aliphatic carbocycles. The molecule has 0 saturated heterocycles. The van der Waals surface area contributed by atoms with Crippen molar-refractivity contribution in [2.45, 2.75) is 37.5 Å². The van der Waals surface area contributed by atoms with Crippen LogP contribution in [0.3, 0.4) is 0 Å². The van der Waals surface area contributed by atoms with E-state index in [4.69, 9.17) is 0 Å². The first kappa shape index (κ1) is 21.6. The van der Waals surface area contributed by atoms with Crippen molar-refractivity contribution < 1.29 is 23.1 Å². The van der Waals surface area contributed by atoms with Gasteiger partial charge in [-0.3, -0.25) is 9.59 Å². The van der Waals surface area contributed by atoms with E-state index < -0.39 is 27.0 Å². The van der Waals surface area contributed by atoms with E-state index >= 15 is 0 Å². The molecule has 0 fully saturated rings. The van der Waals surface area contributed by atoms with Crippen LogP contribution in [-0.4, -0.2) is 42.1 Å². The average Bonchev–Trinajstić information content (AvgIpc) is 2.67. The molecule has 7 heteroatoms. The summed E-state index contributed by atoms with van der Waals surface area (Å²) in [5.41, 5.74) is 1.20. The highest BCUT2D eigenvalue weighted by atomic mass is 32.2. The highest BCUT2D eigenvalue weighted by molar-refractivity contribution is 7.92. The normalized spacial score (nSPS) is 12.6. The van der Waals surface area contributed by atoms with E-state index in [0.29, 0.717) is 5.56 Å². The third-order valence-corrected chi connectivity index (χ3v) is 6.64. The predicted octanol–water partition coefficient (Wildman–Crippen LogP) is 3.23. The van der Waals surface area contributed by atoms with Crippen molar-refractivity contribution in [3.63, 3.8) is 0 Å². The van der Waals surface area contributed by atoms with Crippen molar-refractivity contribution >= 4 is 21.7 Å². The Morgan fingerprint density at radius 2 is 1.54 bits per heavy atom. The van der Waals surface area contributed by atoms with Gasteiger partial charge in [0.25, 0.3) is 5.91 Å². The largest absolute Gasteiger partial charge is 0.481 e. The lowest BCUT2D eigenvalue weighted by molar-refractivity contribution is -0.141. The first-order chi connectivity index (χ1) is 13.1. The number of nitrogens with zero attached hydrogens (tertiary/aromatic N) is 1. The summed E-state index contributed by atoms with van der Waals surface area (Å²) >= 11 is 0. The fourth-order valence-electron chi connectivity index (χ4n) is 2.67. The van der Waals surface area contributed by atoms with Gasteiger partial charge < -0.3 is 10.0 Å². The number of benzene rings is 2. The summed E-state index contributed by atoms with van der Waals surface area (Å²) < 4.78 is 24.5. The molecule has 0 unspecified atom stereocenters. The van der Waals surface area contributed by atoms with Crippen molar-refractivity contribution in [2.75, 3.05) is 6.54 Å². The Balaban J connectivity index is 2.29. The summed E-state index contributed by atoms with van der Waals surface area (Å²) in [4.78, 5) is 25.9. The molecule has 0 bridgehead atoms. The van der Waals surface area contributed by atoms with Gasteiger partial charge in [-0.15, -0.1) is 0 Å². The van der Waals surface area contributed by atoms with Gasteiger partial charge in [0.2, 0.25) is 0 Å². The number of carbonyl (C=O) groups is 2. The minimum atomic E-state index is -3.42. The summed E-state index contributed by atoms with van der Waals surface area (Å²) in [6, 6.07) is 15.1. The zero-order chi connectivity index (χ0) is 20.9. The number of hydrogen-bond donors (Lipinski definition) is 1. The third kappa shape index (κ3) is 5.19. The van der Waals surface area contributed by atoms with Crippen LogP contribution >= 0.6 is 0 Å². The van der Waals surface area contributed by atoms with E-state index in [9.17, 15) is 23.1 Å². The molecule has 0 saturated carbocycles. The van der Waals surface area contributed by atoms with Gasteiger partial charge in [-0.1, -0.05) is 37.3 Å². The molecule has 2 rings (SSSR count). The fourth-order valence-corrected chi connectivity index (χ4v) is 3.73. The second-order valence-electron chi connectivity index (χ2n) is 7.03. The summed E-state index contributed by atoms with van der Waals surface area (Å²) in [6.07, 6.45) is 0. The van der Waals surface area contributed by atoms with Gasteiger partial charge in [0.1, 0.15) is 0 Å². The molecule has 2 aromatic rings. The zero-order valence-electron chi connectivity index (χ0n) is 16.2. The average molecular weight is 404 g/mol. The number of carboxylic acids is 1. The van der Waals surface area contributed by atoms with Crippen LogP contribution in [0, 0.1) is 5.92 Å². The Kier molecular flexibility index (Phi) is 6.96. The molecular weight excluding hydrogens is 378 g/mol. The van der Waals surface area contributed by atoms with Gasteiger partial charge in [0, 0.05) is 18.7 Å². The molecule has 1 amide bonds. The van der Waals surface area contributed by atoms with E-state index in [2.05, 4.69) is 0 Å². The van der Waals surface area contributed by atoms with Crippen molar-refractivity contribution in [1.29, 1.82) is 0 Å². The summed E-state index contributed by atoms with van der Waals surface area (Å²) in [5, 5.41) is 8.67. The van der Waals surface area contributed by atoms with Crippen LogP contribution < -0.4 is 0 Å². The van der Waals surface area contributed by atoms with Crippen molar-refractivity contribution in [1.82, 2.24) is 4.90 Å². The molecule has 6 nitrogen and oxygen atoms in total. The van der Waals surface area contributed by atoms with Crippen LogP contribution in [0.5, 0.6) is 0 Å². The Hall–Kier alpha value is -2.67. The Labute approximate surface area is 165 Å². The lowest BCUT2D eigenvalue weighted by Gasteiger charge is -2.25. The number of amides is 1. The SMILES string of the molecule is CC(C)S(=O)(=O)c1ccc(C(=O)N(Cc2ccccc2)C[C@@H](C)C(=O)O)cc1. The van der Waals surface area contributed by atoms with Gasteiger partial charge in [-0.2, -0.15) is 0 Å². The van der Waals surface area contributed by atoms with Crippen LogP contribution in [0.4, 0.5) is 0 Å². The number of aliphatic carboxylic acids is 1. The number of sulfone groups is 1. The highest BCUT2D eigenvalue weighted by Crippen LogP contribution is 2.18. The van der Waals surface area contributed by atoms with Crippen molar-refractivity contribution in [2.24, 2.45) is 5.92 Å². The quantitative estimate of drug-likeness (QED) is 0.731. The molecule has 1 N–H and O–H groups in total. The molecule has 1 atom stereocenters. The third-order valence-electron chi connectivity index (χ3n) is 4.47. The smallest absolute Gasteiger partial charge is 0.308 e. The van der Waals surface area contributed by atoms with E-state index in [1.165, 1.54) is 29.2 Å². The summed E-state index contributed by atoms with van der Waals surface area (Å²) in [5.74, 6) is -2.05. The Morgan fingerprint density at radius 1 is 0.964 bits per heavy atom.